The Bertz CT molecular complexity index is 637. The fraction of sp³-hybridized carbons (Fsp3) is 0.611. The third kappa shape index (κ3) is 2.95. The van der Waals surface area contributed by atoms with Crippen molar-refractivity contribution in [1.29, 1.82) is 0 Å². The minimum Gasteiger partial charge on any atom is -0.486 e. The average Bonchev–Trinajstić information content (AvgIpc) is 2.55. The molecule has 4 rings (SSSR count). The molecule has 1 N–H and O–H groups in total. The summed E-state index contributed by atoms with van der Waals surface area (Å²) in [5, 5.41) is 3.69. The molecule has 2 saturated heterocycles. The van der Waals surface area contributed by atoms with Crippen LogP contribution in [0.2, 0.25) is 5.02 Å². The molecule has 1 amide bonds. The Hall–Kier alpha value is -1.46. The molecule has 0 radical (unpaired) electrons. The Morgan fingerprint density at radius 2 is 1.92 bits per heavy atom. The van der Waals surface area contributed by atoms with Crippen molar-refractivity contribution in [3.05, 3.63) is 22.7 Å². The van der Waals surface area contributed by atoms with Gasteiger partial charge in [-0.1, -0.05) is 18.0 Å². The second-order valence-corrected chi connectivity index (χ2v) is 7.46. The van der Waals surface area contributed by atoms with Crippen molar-refractivity contribution in [2.75, 3.05) is 20.3 Å². The minimum absolute atomic E-state index is 0.119. The summed E-state index contributed by atoms with van der Waals surface area (Å²) in [7, 11) is 2.21. The predicted molar refractivity (Wildman–Crippen MR) is 92.1 cm³/mol. The van der Waals surface area contributed by atoms with Crippen LogP contribution in [0.3, 0.4) is 0 Å². The first kappa shape index (κ1) is 16.0. The van der Waals surface area contributed by atoms with Crippen LogP contribution in [0.15, 0.2) is 12.1 Å². The predicted octanol–water partition coefficient (Wildman–Crippen LogP) is 2.86. The molecule has 3 aliphatic heterocycles. The minimum atomic E-state index is -0.119. The number of amides is 1. The van der Waals surface area contributed by atoms with Gasteiger partial charge in [0.05, 0.1) is 5.56 Å². The standard InChI is InChI=1S/C18H23ClN2O3/c1-21-13-3-2-4-14(21)10-12(9-13)20-18(22)15-7-11(19)8-16-17(15)24-6-5-23-16/h7-8,12-14H,2-6,9-10H2,1H3,(H,20,22). The van der Waals surface area contributed by atoms with Crippen LogP contribution in [0.5, 0.6) is 11.5 Å². The van der Waals surface area contributed by atoms with Crippen LogP contribution in [0.25, 0.3) is 0 Å². The lowest BCUT2D eigenvalue weighted by Gasteiger charge is -2.47. The molecule has 3 heterocycles. The number of hydrogen-bond donors (Lipinski definition) is 1. The summed E-state index contributed by atoms with van der Waals surface area (Å²) in [5.41, 5.74) is 0.473. The highest BCUT2D eigenvalue weighted by Crippen LogP contribution is 2.37. The molecule has 2 unspecified atom stereocenters. The van der Waals surface area contributed by atoms with Gasteiger partial charge in [-0.3, -0.25) is 4.79 Å². The summed E-state index contributed by atoms with van der Waals surface area (Å²) in [5.74, 6) is 0.947. The van der Waals surface area contributed by atoms with Gasteiger partial charge in [-0.05, 0) is 38.8 Å². The van der Waals surface area contributed by atoms with Crippen LogP contribution in [-0.2, 0) is 0 Å². The molecule has 130 valence electrons. The van der Waals surface area contributed by atoms with Crippen LogP contribution < -0.4 is 14.8 Å². The second-order valence-electron chi connectivity index (χ2n) is 7.02. The summed E-state index contributed by atoms with van der Waals surface area (Å²) < 4.78 is 11.2. The molecule has 0 saturated carbocycles. The van der Waals surface area contributed by atoms with E-state index in [9.17, 15) is 4.79 Å². The maximum absolute atomic E-state index is 12.8. The Kier molecular flexibility index (Phi) is 4.31. The highest BCUT2D eigenvalue weighted by molar-refractivity contribution is 6.31. The molecule has 1 aromatic rings. The Labute approximate surface area is 147 Å². The van der Waals surface area contributed by atoms with Gasteiger partial charge in [-0.15, -0.1) is 0 Å². The molecule has 0 aromatic heterocycles. The van der Waals surface area contributed by atoms with E-state index in [2.05, 4.69) is 17.3 Å². The molecule has 24 heavy (non-hydrogen) atoms. The maximum Gasteiger partial charge on any atom is 0.255 e. The van der Waals surface area contributed by atoms with Crippen molar-refractivity contribution >= 4 is 17.5 Å². The van der Waals surface area contributed by atoms with Crippen LogP contribution >= 0.6 is 11.6 Å². The number of hydrogen-bond acceptors (Lipinski definition) is 4. The maximum atomic E-state index is 12.8. The molecule has 2 bridgehead atoms. The summed E-state index contributed by atoms with van der Waals surface area (Å²) in [6.07, 6.45) is 5.77. The first-order valence-corrected chi connectivity index (χ1v) is 9.11. The number of fused-ring (bicyclic) bond motifs is 3. The van der Waals surface area contributed by atoms with E-state index in [-0.39, 0.29) is 11.9 Å². The Morgan fingerprint density at radius 3 is 2.67 bits per heavy atom. The highest BCUT2D eigenvalue weighted by atomic mass is 35.5. The molecule has 2 atom stereocenters. The van der Waals surface area contributed by atoms with Crippen LogP contribution in [0.1, 0.15) is 42.5 Å². The quantitative estimate of drug-likeness (QED) is 0.891. The highest BCUT2D eigenvalue weighted by Gasteiger charge is 2.37. The lowest BCUT2D eigenvalue weighted by molar-refractivity contribution is 0.0461. The number of nitrogens with zero attached hydrogens (tertiary/aromatic N) is 1. The van der Waals surface area contributed by atoms with E-state index in [4.69, 9.17) is 21.1 Å². The van der Waals surface area contributed by atoms with Crippen molar-refractivity contribution in [2.45, 2.75) is 50.2 Å². The third-order valence-electron chi connectivity index (χ3n) is 5.53. The van der Waals surface area contributed by atoms with E-state index < -0.39 is 0 Å². The number of benzene rings is 1. The second kappa shape index (κ2) is 6.45. The number of piperidine rings is 2. The summed E-state index contributed by atoms with van der Waals surface area (Å²) in [6, 6.07) is 4.74. The summed E-state index contributed by atoms with van der Waals surface area (Å²) in [4.78, 5) is 15.3. The van der Waals surface area contributed by atoms with Gasteiger partial charge in [-0.2, -0.15) is 0 Å². The van der Waals surface area contributed by atoms with Crippen molar-refractivity contribution < 1.29 is 14.3 Å². The van der Waals surface area contributed by atoms with Crippen molar-refractivity contribution in [3.8, 4) is 11.5 Å². The van der Waals surface area contributed by atoms with Gasteiger partial charge >= 0.3 is 0 Å². The van der Waals surface area contributed by atoms with Gasteiger partial charge in [0.15, 0.2) is 11.5 Å². The zero-order chi connectivity index (χ0) is 16.7. The average molecular weight is 351 g/mol. The van der Waals surface area contributed by atoms with Crippen molar-refractivity contribution in [3.63, 3.8) is 0 Å². The SMILES string of the molecule is CN1C2CCCC1CC(NC(=O)c1cc(Cl)cc3c1OCCO3)C2. The molecule has 1 aromatic carbocycles. The molecular weight excluding hydrogens is 328 g/mol. The molecule has 3 aliphatic rings. The van der Waals surface area contributed by atoms with Crippen LogP contribution in [-0.4, -0.2) is 49.2 Å². The fourth-order valence-corrected chi connectivity index (χ4v) is 4.49. The molecule has 0 aliphatic carbocycles. The third-order valence-corrected chi connectivity index (χ3v) is 5.74. The molecule has 0 spiro atoms. The Morgan fingerprint density at radius 1 is 1.21 bits per heavy atom. The summed E-state index contributed by atoms with van der Waals surface area (Å²) in [6.45, 7) is 0.931. The van der Waals surface area contributed by atoms with E-state index in [0.717, 1.165) is 12.8 Å². The zero-order valence-electron chi connectivity index (χ0n) is 13.9. The van der Waals surface area contributed by atoms with Gasteiger partial charge in [0.25, 0.3) is 5.91 Å². The van der Waals surface area contributed by atoms with E-state index in [1.807, 2.05) is 0 Å². The molecular formula is C18H23ClN2O3. The van der Waals surface area contributed by atoms with Crippen LogP contribution in [0, 0.1) is 0 Å². The van der Waals surface area contributed by atoms with Gasteiger partial charge < -0.3 is 19.7 Å². The number of carbonyl (C=O) groups is 1. The normalized spacial score (nSPS) is 29.2. The monoisotopic (exact) mass is 350 g/mol. The molecule has 5 nitrogen and oxygen atoms in total. The number of carbonyl (C=O) groups excluding carboxylic acids is 1. The number of rotatable bonds is 2. The number of halogens is 1. The smallest absolute Gasteiger partial charge is 0.255 e. The first-order valence-electron chi connectivity index (χ1n) is 8.74. The topological polar surface area (TPSA) is 50.8 Å². The lowest BCUT2D eigenvalue weighted by atomic mass is 9.82. The summed E-state index contributed by atoms with van der Waals surface area (Å²) >= 11 is 6.14. The zero-order valence-corrected chi connectivity index (χ0v) is 14.6. The van der Waals surface area contributed by atoms with Crippen molar-refractivity contribution in [1.82, 2.24) is 10.2 Å². The van der Waals surface area contributed by atoms with E-state index in [1.165, 1.54) is 19.3 Å². The largest absolute Gasteiger partial charge is 0.486 e. The molecule has 6 heteroatoms. The number of ether oxygens (including phenoxy) is 2. The number of nitrogens with one attached hydrogen (secondary N) is 1. The molecule has 2 fully saturated rings. The van der Waals surface area contributed by atoms with Gasteiger partial charge in [0.1, 0.15) is 13.2 Å². The van der Waals surface area contributed by atoms with E-state index in [0.29, 0.717) is 47.4 Å². The van der Waals surface area contributed by atoms with E-state index >= 15 is 0 Å². The fourth-order valence-electron chi connectivity index (χ4n) is 4.29. The van der Waals surface area contributed by atoms with Crippen molar-refractivity contribution in [2.24, 2.45) is 0 Å². The van der Waals surface area contributed by atoms with Gasteiger partial charge in [0.2, 0.25) is 0 Å². The lowest BCUT2D eigenvalue weighted by Crippen LogP contribution is -2.55. The van der Waals surface area contributed by atoms with Gasteiger partial charge in [-0.25, -0.2) is 0 Å². The van der Waals surface area contributed by atoms with Gasteiger partial charge in [0, 0.05) is 29.2 Å². The Balaban J connectivity index is 1.52. The van der Waals surface area contributed by atoms with E-state index in [1.54, 1.807) is 12.1 Å². The van der Waals surface area contributed by atoms with Crippen LogP contribution in [0.4, 0.5) is 0 Å². The first-order chi connectivity index (χ1) is 11.6.